The van der Waals surface area contributed by atoms with E-state index < -0.39 is 5.54 Å². The van der Waals surface area contributed by atoms with Crippen molar-refractivity contribution in [3.8, 4) is 0 Å². The molecule has 0 saturated heterocycles. The second-order valence-corrected chi connectivity index (χ2v) is 5.94. The first kappa shape index (κ1) is 14.7. The van der Waals surface area contributed by atoms with Gasteiger partial charge in [0.2, 0.25) is 0 Å². The molecule has 1 atom stereocenters. The van der Waals surface area contributed by atoms with Crippen LogP contribution in [-0.4, -0.2) is 0 Å². The largest absolute Gasteiger partial charge is 0.318 e. The third-order valence-corrected chi connectivity index (χ3v) is 3.95. The second kappa shape index (κ2) is 5.37. The molecule has 2 aromatic rings. The van der Waals surface area contributed by atoms with Crippen molar-refractivity contribution >= 4 is 0 Å². The zero-order valence-electron chi connectivity index (χ0n) is 12.6. The van der Waals surface area contributed by atoms with Gasteiger partial charge in [0.1, 0.15) is 5.82 Å². The summed E-state index contributed by atoms with van der Waals surface area (Å²) in [6.45, 7) is 7.99. The molecule has 0 fully saturated rings. The summed E-state index contributed by atoms with van der Waals surface area (Å²) in [4.78, 5) is 0. The molecule has 2 aromatic carbocycles. The number of halogens is 1. The van der Waals surface area contributed by atoms with E-state index in [-0.39, 0.29) is 5.82 Å². The summed E-state index contributed by atoms with van der Waals surface area (Å²) >= 11 is 0. The Bertz CT molecular complexity index is 597. The van der Waals surface area contributed by atoms with E-state index >= 15 is 0 Å². The number of hydrogen-bond donors (Lipinski definition) is 1. The molecule has 2 N–H and O–H groups in total. The van der Waals surface area contributed by atoms with Crippen molar-refractivity contribution in [3.05, 3.63) is 70.5 Å². The molecule has 0 aliphatic rings. The van der Waals surface area contributed by atoms with Gasteiger partial charge < -0.3 is 5.73 Å². The third kappa shape index (κ3) is 2.75. The summed E-state index contributed by atoms with van der Waals surface area (Å²) in [7, 11) is 0. The molecule has 0 amide bonds. The van der Waals surface area contributed by atoms with E-state index in [1.54, 1.807) is 13.0 Å². The minimum Gasteiger partial charge on any atom is -0.318 e. The molecule has 0 radical (unpaired) electrons. The topological polar surface area (TPSA) is 26.0 Å². The van der Waals surface area contributed by atoms with Gasteiger partial charge in [0.15, 0.2) is 0 Å². The first-order chi connectivity index (χ1) is 9.32. The normalized spacial score (nSPS) is 14.3. The van der Waals surface area contributed by atoms with Crippen molar-refractivity contribution in [1.29, 1.82) is 0 Å². The van der Waals surface area contributed by atoms with E-state index in [9.17, 15) is 4.39 Å². The maximum atomic E-state index is 13.7. The van der Waals surface area contributed by atoms with Crippen LogP contribution in [0.2, 0.25) is 0 Å². The Labute approximate surface area is 120 Å². The quantitative estimate of drug-likeness (QED) is 0.875. The van der Waals surface area contributed by atoms with Crippen LogP contribution < -0.4 is 5.73 Å². The molecule has 20 heavy (non-hydrogen) atoms. The van der Waals surface area contributed by atoms with Crippen molar-refractivity contribution in [2.45, 2.75) is 39.2 Å². The summed E-state index contributed by atoms with van der Waals surface area (Å²) in [5.74, 6) is 0.280. The molecule has 0 aliphatic carbocycles. The maximum Gasteiger partial charge on any atom is 0.126 e. The summed E-state index contributed by atoms with van der Waals surface area (Å²) in [5, 5.41) is 0. The number of benzene rings is 2. The maximum absolute atomic E-state index is 13.7. The first-order valence-electron chi connectivity index (χ1n) is 6.98. The number of hydrogen-bond acceptors (Lipinski definition) is 1. The Morgan fingerprint density at radius 2 is 1.55 bits per heavy atom. The Morgan fingerprint density at radius 3 is 2.05 bits per heavy atom. The van der Waals surface area contributed by atoms with E-state index in [2.05, 4.69) is 26.0 Å². The van der Waals surface area contributed by atoms with Crippen LogP contribution in [0, 0.1) is 12.7 Å². The fourth-order valence-electron chi connectivity index (χ4n) is 2.30. The van der Waals surface area contributed by atoms with Crippen molar-refractivity contribution in [2.75, 3.05) is 0 Å². The minimum atomic E-state index is -0.690. The summed E-state index contributed by atoms with van der Waals surface area (Å²) < 4.78 is 13.7. The molecule has 0 aromatic heterocycles. The third-order valence-electron chi connectivity index (χ3n) is 3.95. The molecule has 0 spiro atoms. The number of nitrogens with two attached hydrogens (primary N) is 1. The van der Waals surface area contributed by atoms with E-state index in [4.69, 9.17) is 5.73 Å². The number of rotatable bonds is 3. The van der Waals surface area contributed by atoms with Gasteiger partial charge in [0, 0.05) is 0 Å². The Hall–Kier alpha value is -1.67. The SMILES string of the molecule is Cc1ccc(C(C)(N)c2ccc(C(C)C)cc2)cc1F. The highest BCUT2D eigenvalue weighted by molar-refractivity contribution is 5.39. The second-order valence-electron chi connectivity index (χ2n) is 5.94. The van der Waals surface area contributed by atoms with E-state index in [1.807, 2.05) is 25.1 Å². The predicted molar refractivity (Wildman–Crippen MR) is 82.3 cm³/mol. The van der Waals surface area contributed by atoms with Crippen molar-refractivity contribution in [2.24, 2.45) is 5.73 Å². The minimum absolute atomic E-state index is 0.210. The zero-order valence-corrected chi connectivity index (χ0v) is 12.6. The van der Waals surface area contributed by atoms with Gasteiger partial charge in [-0.15, -0.1) is 0 Å². The average molecular weight is 271 g/mol. The fraction of sp³-hybridized carbons (Fsp3) is 0.333. The average Bonchev–Trinajstić information content (AvgIpc) is 2.41. The van der Waals surface area contributed by atoms with Gasteiger partial charge in [-0.25, -0.2) is 4.39 Å². The molecule has 1 nitrogen and oxygen atoms in total. The molecule has 0 heterocycles. The predicted octanol–water partition coefficient (Wildman–Crippen LogP) is 4.48. The van der Waals surface area contributed by atoms with Gasteiger partial charge in [0.25, 0.3) is 0 Å². The van der Waals surface area contributed by atoms with Gasteiger partial charge in [-0.1, -0.05) is 50.2 Å². The number of aryl methyl sites for hydroxylation is 1. The van der Waals surface area contributed by atoms with Crippen LogP contribution >= 0.6 is 0 Å². The fourth-order valence-corrected chi connectivity index (χ4v) is 2.30. The molecule has 106 valence electrons. The highest BCUT2D eigenvalue weighted by atomic mass is 19.1. The molecule has 0 aliphatic heterocycles. The zero-order chi connectivity index (χ0) is 14.9. The lowest BCUT2D eigenvalue weighted by Crippen LogP contribution is -2.34. The van der Waals surface area contributed by atoms with Gasteiger partial charge >= 0.3 is 0 Å². The highest BCUT2D eigenvalue weighted by Gasteiger charge is 2.24. The van der Waals surface area contributed by atoms with Crippen LogP contribution in [0.4, 0.5) is 4.39 Å². The molecule has 0 bridgehead atoms. The molecule has 2 heteroatoms. The van der Waals surface area contributed by atoms with Crippen molar-refractivity contribution < 1.29 is 4.39 Å². The molecule has 0 saturated carbocycles. The lowest BCUT2D eigenvalue weighted by molar-refractivity contribution is 0.577. The van der Waals surface area contributed by atoms with E-state index in [1.165, 1.54) is 11.6 Å². The molecule has 1 unspecified atom stereocenters. The monoisotopic (exact) mass is 271 g/mol. The lowest BCUT2D eigenvalue weighted by atomic mass is 9.84. The van der Waals surface area contributed by atoms with Crippen LogP contribution in [0.3, 0.4) is 0 Å². The summed E-state index contributed by atoms with van der Waals surface area (Å²) in [6, 6.07) is 13.5. The van der Waals surface area contributed by atoms with E-state index in [0.717, 1.165) is 11.1 Å². The Balaban J connectivity index is 2.40. The van der Waals surface area contributed by atoms with Crippen molar-refractivity contribution in [1.82, 2.24) is 0 Å². The smallest absolute Gasteiger partial charge is 0.126 e. The van der Waals surface area contributed by atoms with Crippen LogP contribution in [0.5, 0.6) is 0 Å². The van der Waals surface area contributed by atoms with Crippen LogP contribution in [0.1, 0.15) is 48.9 Å². The van der Waals surface area contributed by atoms with Crippen LogP contribution in [0.15, 0.2) is 42.5 Å². The Kier molecular flexibility index (Phi) is 3.96. The molecular weight excluding hydrogens is 249 g/mol. The molecule has 2 rings (SSSR count). The van der Waals surface area contributed by atoms with Crippen LogP contribution in [-0.2, 0) is 5.54 Å². The summed E-state index contributed by atoms with van der Waals surface area (Å²) in [6.07, 6.45) is 0. The van der Waals surface area contributed by atoms with Gasteiger partial charge in [-0.05, 0) is 48.1 Å². The first-order valence-corrected chi connectivity index (χ1v) is 6.98. The lowest BCUT2D eigenvalue weighted by Gasteiger charge is -2.26. The molecular formula is C18H22FN. The summed E-state index contributed by atoms with van der Waals surface area (Å²) in [5.41, 5.74) is 9.44. The standard InChI is InChI=1S/C18H22FN/c1-12(2)14-6-9-15(10-7-14)18(4,20)16-8-5-13(3)17(19)11-16/h5-12H,20H2,1-4H3. The Morgan fingerprint density at radius 1 is 1.00 bits per heavy atom. The van der Waals surface area contributed by atoms with E-state index in [0.29, 0.717) is 11.5 Å². The van der Waals surface area contributed by atoms with Crippen molar-refractivity contribution in [3.63, 3.8) is 0 Å². The van der Waals surface area contributed by atoms with Gasteiger partial charge in [-0.2, -0.15) is 0 Å². The highest BCUT2D eigenvalue weighted by Crippen LogP contribution is 2.28. The van der Waals surface area contributed by atoms with Gasteiger partial charge in [-0.3, -0.25) is 0 Å². The van der Waals surface area contributed by atoms with Gasteiger partial charge in [0.05, 0.1) is 5.54 Å². The van der Waals surface area contributed by atoms with Crippen LogP contribution in [0.25, 0.3) is 0 Å².